The van der Waals surface area contributed by atoms with E-state index in [0.717, 1.165) is 28.4 Å². The molecule has 1 saturated heterocycles. The maximum absolute atomic E-state index is 13.5. The molecule has 2 atom stereocenters. The first-order chi connectivity index (χ1) is 22.2. The predicted molar refractivity (Wildman–Crippen MR) is 155 cm³/mol. The Labute approximate surface area is 267 Å². The fourth-order valence-electron chi connectivity index (χ4n) is 4.46. The number of amides is 1. The summed E-state index contributed by atoms with van der Waals surface area (Å²) in [6, 6.07) is 11.7. The number of nitrogens with zero attached hydrogens (tertiary/aromatic N) is 5. The summed E-state index contributed by atoms with van der Waals surface area (Å²) in [5, 5.41) is 20.6. The van der Waals surface area contributed by atoms with Crippen LogP contribution in [0.25, 0.3) is 16.9 Å². The summed E-state index contributed by atoms with van der Waals surface area (Å²) in [7, 11) is -4.46. The average molecular weight is 685 g/mol. The van der Waals surface area contributed by atoms with Crippen LogP contribution in [0.5, 0.6) is 0 Å². The van der Waals surface area contributed by atoms with Gasteiger partial charge in [0.15, 0.2) is 5.69 Å². The number of ether oxygens (including phenoxy) is 3. The first-order valence-corrected chi connectivity index (χ1v) is 15.6. The van der Waals surface area contributed by atoms with Gasteiger partial charge in [-0.05, 0) is 57.0 Å². The molecule has 0 spiro atoms. The zero-order chi connectivity index (χ0) is 34.4. The highest BCUT2D eigenvalue weighted by Gasteiger charge is 2.36. The van der Waals surface area contributed by atoms with Crippen LogP contribution in [-0.4, -0.2) is 72.5 Å². The van der Waals surface area contributed by atoms with E-state index < -0.39 is 46.5 Å². The van der Waals surface area contributed by atoms with Gasteiger partial charge >= 0.3 is 18.4 Å². The van der Waals surface area contributed by atoms with E-state index in [4.69, 9.17) is 14.3 Å². The van der Waals surface area contributed by atoms with Crippen molar-refractivity contribution in [3.05, 3.63) is 71.1 Å². The van der Waals surface area contributed by atoms with E-state index in [-0.39, 0.29) is 41.0 Å². The Bertz CT molecular complexity index is 1700. The van der Waals surface area contributed by atoms with E-state index in [2.05, 4.69) is 15.1 Å². The quantitative estimate of drug-likeness (QED) is 0.0938. The molecule has 2 aromatic carbocycles. The largest absolute Gasteiger partial charge is 0.569 e. The van der Waals surface area contributed by atoms with Crippen molar-refractivity contribution in [2.75, 3.05) is 19.8 Å². The molecule has 0 aliphatic carbocycles. The highest BCUT2D eigenvalue weighted by atomic mass is 32.2. The predicted octanol–water partition coefficient (Wildman–Crippen LogP) is 5.07. The molecule has 3 aromatic rings. The number of rotatable bonds is 11. The van der Waals surface area contributed by atoms with Gasteiger partial charge in [0.05, 0.1) is 34.4 Å². The van der Waals surface area contributed by atoms with Crippen LogP contribution >= 0.6 is 0 Å². The molecule has 2 heterocycles. The second kappa shape index (κ2) is 14.6. The van der Waals surface area contributed by atoms with Gasteiger partial charge in [-0.1, -0.05) is 29.8 Å². The Morgan fingerprint density at radius 1 is 1.15 bits per heavy atom. The van der Waals surface area contributed by atoms with Crippen LogP contribution in [0.2, 0.25) is 0 Å². The number of hydrogen-bond donors (Lipinski definition) is 1. The summed E-state index contributed by atoms with van der Waals surface area (Å²) >= 11 is 0. The molecule has 1 amide bonds. The molecular formula is C28H31F3N6O9S. The number of hydrazine groups is 1. The maximum atomic E-state index is 13.5. The van der Waals surface area contributed by atoms with E-state index in [1.807, 2.05) is 6.92 Å². The van der Waals surface area contributed by atoms with E-state index in [1.165, 1.54) is 24.1 Å². The average Bonchev–Trinajstić information content (AvgIpc) is 3.67. The van der Waals surface area contributed by atoms with Gasteiger partial charge in [0.1, 0.15) is 12.6 Å². The number of sulfonamides is 1. The van der Waals surface area contributed by atoms with Crippen molar-refractivity contribution < 1.29 is 55.2 Å². The standard InChI is InChI=1S/C28H31F3N6O9S/c1-4-43-27(39)45-19(3)46-34-37(40)35-15-5-6-22(35)17-44-26(38)33-47(41,42)23-13-11-21(12-14-23)36-24(16-25(32-36)28(29,30)31)20-9-7-18(2)8-10-20/h7-14,16,19,22H,4-6,15,17H2,1-3H3,(H,33,38)/b37-34+/t19?,22-/m0/s1. The molecule has 19 heteroatoms. The van der Waals surface area contributed by atoms with E-state index in [9.17, 15) is 36.4 Å². The van der Waals surface area contributed by atoms with Crippen LogP contribution in [0.3, 0.4) is 0 Å². The van der Waals surface area contributed by atoms with Gasteiger partial charge in [0.2, 0.25) is 5.28 Å². The first-order valence-electron chi connectivity index (χ1n) is 14.2. The third-order valence-electron chi connectivity index (χ3n) is 6.72. The SMILES string of the molecule is CCOC(=O)OC(C)O/N=[N+](/[O-])N1CCC[C@H]1COC(=O)NS(=O)(=O)c1ccc(-n2nc(C(F)(F)F)cc2-c2ccc(C)cc2)cc1. The Morgan fingerprint density at radius 3 is 2.47 bits per heavy atom. The molecule has 1 unspecified atom stereocenters. The summed E-state index contributed by atoms with van der Waals surface area (Å²) in [6.45, 7) is 4.62. The number of benzene rings is 2. The van der Waals surface area contributed by atoms with Gasteiger partial charge in [-0.2, -0.15) is 18.3 Å². The number of hydrogen-bond acceptors (Lipinski definition) is 11. The third-order valence-corrected chi connectivity index (χ3v) is 8.05. The van der Waals surface area contributed by atoms with Crippen LogP contribution < -0.4 is 4.72 Å². The lowest BCUT2D eigenvalue weighted by molar-refractivity contribution is -0.716. The van der Waals surface area contributed by atoms with Gasteiger partial charge in [-0.25, -0.2) is 27.4 Å². The van der Waals surface area contributed by atoms with Crippen LogP contribution in [0, 0.1) is 12.1 Å². The van der Waals surface area contributed by atoms with E-state index in [1.54, 1.807) is 35.9 Å². The summed E-state index contributed by atoms with van der Waals surface area (Å²) in [5.74, 6) is 0. The zero-order valence-electron chi connectivity index (χ0n) is 25.3. The smallest absolute Gasteiger partial charge is 0.511 e. The second-order valence-electron chi connectivity index (χ2n) is 10.2. The Morgan fingerprint density at radius 2 is 1.83 bits per heavy atom. The van der Waals surface area contributed by atoms with Gasteiger partial charge in [-0.3, -0.25) is 4.84 Å². The van der Waals surface area contributed by atoms with Gasteiger partial charge in [-0.15, -0.1) is 5.01 Å². The topological polar surface area (TPSA) is 177 Å². The molecule has 15 nitrogen and oxygen atoms in total. The number of aryl methyl sites for hydroxylation is 1. The van der Waals surface area contributed by atoms with Crippen LogP contribution in [0.15, 0.2) is 64.8 Å². The molecule has 0 saturated carbocycles. The second-order valence-corrected chi connectivity index (χ2v) is 11.8. The molecular weight excluding hydrogens is 653 g/mol. The number of carbonyl (C=O) groups excluding carboxylic acids is 2. The lowest BCUT2D eigenvalue weighted by atomic mass is 10.1. The third kappa shape index (κ3) is 9.02. The number of nitrogens with one attached hydrogen (secondary N) is 1. The van der Waals surface area contributed by atoms with Crippen molar-refractivity contribution in [1.29, 1.82) is 0 Å². The van der Waals surface area contributed by atoms with Crippen LogP contribution in [-0.2, 0) is 35.2 Å². The Balaban J connectivity index is 1.39. The summed E-state index contributed by atoms with van der Waals surface area (Å²) in [5.41, 5.74) is 0.496. The van der Waals surface area contributed by atoms with Crippen molar-refractivity contribution >= 4 is 22.3 Å². The molecule has 1 aromatic heterocycles. The summed E-state index contributed by atoms with van der Waals surface area (Å²) in [6.07, 6.45) is -7.37. The normalized spacial score (nSPS) is 16.0. The molecule has 0 bridgehead atoms. The van der Waals surface area contributed by atoms with Crippen LogP contribution in [0.1, 0.15) is 37.9 Å². The van der Waals surface area contributed by atoms with Crippen LogP contribution in [0.4, 0.5) is 22.8 Å². The van der Waals surface area contributed by atoms with Crippen molar-refractivity contribution in [2.45, 2.75) is 57.0 Å². The molecule has 1 N–H and O–H groups in total. The van der Waals surface area contributed by atoms with Crippen molar-refractivity contribution in [1.82, 2.24) is 19.5 Å². The number of alkyl halides is 3. The van der Waals surface area contributed by atoms with Gasteiger partial charge in [0.25, 0.3) is 16.3 Å². The Hall–Kier alpha value is -5.07. The fraction of sp³-hybridized carbons (Fsp3) is 0.393. The van der Waals surface area contributed by atoms with Crippen molar-refractivity contribution in [2.24, 2.45) is 5.28 Å². The number of aromatic nitrogens is 2. The number of halogens is 3. The molecule has 1 aliphatic heterocycles. The lowest BCUT2D eigenvalue weighted by Gasteiger charge is -2.20. The summed E-state index contributed by atoms with van der Waals surface area (Å²) in [4.78, 5) is 28.3. The highest BCUT2D eigenvalue weighted by molar-refractivity contribution is 7.90. The highest BCUT2D eigenvalue weighted by Crippen LogP contribution is 2.33. The minimum absolute atomic E-state index is 0.0733. The molecule has 1 fully saturated rings. The molecule has 254 valence electrons. The van der Waals surface area contributed by atoms with Gasteiger partial charge in [0, 0.05) is 12.5 Å². The zero-order valence-corrected chi connectivity index (χ0v) is 26.2. The fourth-order valence-corrected chi connectivity index (χ4v) is 5.35. The van der Waals surface area contributed by atoms with Crippen molar-refractivity contribution in [3.63, 3.8) is 0 Å². The van der Waals surface area contributed by atoms with Crippen molar-refractivity contribution in [3.8, 4) is 16.9 Å². The monoisotopic (exact) mass is 684 g/mol. The lowest BCUT2D eigenvalue weighted by Crippen LogP contribution is -2.40. The summed E-state index contributed by atoms with van der Waals surface area (Å²) < 4.78 is 83.4. The minimum Gasteiger partial charge on any atom is -0.569 e. The minimum atomic E-state index is -4.72. The van der Waals surface area contributed by atoms with E-state index >= 15 is 0 Å². The maximum Gasteiger partial charge on any atom is 0.511 e. The molecule has 0 radical (unpaired) electrons. The van der Waals surface area contributed by atoms with Gasteiger partial charge < -0.3 is 19.4 Å². The Kier molecular flexibility index (Phi) is 10.8. The molecule has 47 heavy (non-hydrogen) atoms. The van der Waals surface area contributed by atoms with E-state index in [0.29, 0.717) is 18.4 Å². The molecule has 4 rings (SSSR count). The first kappa shape index (κ1) is 34.8. The number of carbonyl (C=O) groups is 2. The molecule has 1 aliphatic rings.